The Bertz CT molecular complexity index is 913. The Labute approximate surface area is 178 Å². The summed E-state index contributed by atoms with van der Waals surface area (Å²) in [5.41, 5.74) is 1.77. The van der Waals surface area contributed by atoms with Crippen LogP contribution in [0.1, 0.15) is 25.7 Å². The van der Waals surface area contributed by atoms with Crippen molar-refractivity contribution in [2.24, 2.45) is 0 Å². The van der Waals surface area contributed by atoms with Crippen LogP contribution in [0.3, 0.4) is 0 Å². The molecule has 2 aliphatic rings. The summed E-state index contributed by atoms with van der Waals surface area (Å²) in [5.74, 6) is 0.766. The molecule has 2 aliphatic heterocycles. The van der Waals surface area contributed by atoms with Gasteiger partial charge in [0.15, 0.2) is 0 Å². The van der Waals surface area contributed by atoms with Crippen molar-refractivity contribution in [1.29, 1.82) is 0 Å². The van der Waals surface area contributed by atoms with Crippen LogP contribution in [0.5, 0.6) is 0 Å². The molecular formula is C22H29N3O2S2. The van der Waals surface area contributed by atoms with Gasteiger partial charge in [0.1, 0.15) is 0 Å². The van der Waals surface area contributed by atoms with Crippen LogP contribution in [0.15, 0.2) is 58.3 Å². The predicted octanol–water partition coefficient (Wildman–Crippen LogP) is 4.28. The van der Waals surface area contributed by atoms with Crippen LogP contribution in [-0.2, 0) is 10.0 Å². The van der Waals surface area contributed by atoms with E-state index >= 15 is 0 Å². The van der Waals surface area contributed by atoms with Crippen LogP contribution in [-0.4, -0.2) is 51.8 Å². The van der Waals surface area contributed by atoms with Crippen LogP contribution >= 0.6 is 11.8 Å². The highest BCUT2D eigenvalue weighted by Gasteiger charge is 2.29. The first kappa shape index (κ1) is 20.6. The SMILES string of the molecule is O=S(=O)(c1ccccc1)N1CCSc2ccc(NCCCN3CCCCC3)cc21. The molecule has 29 heavy (non-hydrogen) atoms. The first-order chi connectivity index (χ1) is 14.1. The Morgan fingerprint density at radius 1 is 0.966 bits per heavy atom. The zero-order valence-corrected chi connectivity index (χ0v) is 18.4. The number of likely N-dealkylation sites (tertiary alicyclic amines) is 1. The Kier molecular flexibility index (Phi) is 6.67. The minimum absolute atomic E-state index is 0.345. The lowest BCUT2D eigenvalue weighted by molar-refractivity contribution is 0.228. The Morgan fingerprint density at radius 3 is 2.55 bits per heavy atom. The molecule has 0 atom stereocenters. The molecule has 1 fully saturated rings. The van der Waals surface area contributed by atoms with E-state index in [9.17, 15) is 8.42 Å². The number of anilines is 2. The van der Waals surface area contributed by atoms with E-state index in [0.717, 1.165) is 41.5 Å². The van der Waals surface area contributed by atoms with Gasteiger partial charge in [0.25, 0.3) is 10.0 Å². The van der Waals surface area contributed by atoms with Crippen LogP contribution < -0.4 is 9.62 Å². The fraction of sp³-hybridized carbons (Fsp3) is 0.455. The van der Waals surface area contributed by atoms with Crippen LogP contribution in [0.2, 0.25) is 0 Å². The van der Waals surface area contributed by atoms with Crippen molar-refractivity contribution in [3.8, 4) is 0 Å². The largest absolute Gasteiger partial charge is 0.385 e. The van der Waals surface area contributed by atoms with Gasteiger partial charge in [-0.05, 0) is 69.2 Å². The summed E-state index contributed by atoms with van der Waals surface area (Å²) in [6.07, 6.45) is 5.10. The highest BCUT2D eigenvalue weighted by molar-refractivity contribution is 8.00. The second-order valence-corrected chi connectivity index (χ2v) is 10.6. The van der Waals surface area contributed by atoms with E-state index in [0.29, 0.717) is 11.4 Å². The van der Waals surface area contributed by atoms with Gasteiger partial charge in [0.05, 0.1) is 10.6 Å². The summed E-state index contributed by atoms with van der Waals surface area (Å²) in [6, 6.07) is 14.8. The molecule has 4 rings (SSSR count). The number of thioether (sulfide) groups is 1. The molecule has 5 nitrogen and oxygen atoms in total. The molecule has 1 saturated heterocycles. The van der Waals surface area contributed by atoms with Gasteiger partial charge in [-0.2, -0.15) is 0 Å². The first-order valence-electron chi connectivity index (χ1n) is 10.5. The van der Waals surface area contributed by atoms with Crippen molar-refractivity contribution < 1.29 is 8.42 Å². The van der Waals surface area contributed by atoms with Crippen LogP contribution in [0.25, 0.3) is 0 Å². The van der Waals surface area contributed by atoms with E-state index in [1.165, 1.54) is 32.4 Å². The van der Waals surface area contributed by atoms with Crippen molar-refractivity contribution in [3.05, 3.63) is 48.5 Å². The average molecular weight is 432 g/mol. The Morgan fingerprint density at radius 2 is 1.76 bits per heavy atom. The molecule has 0 aromatic heterocycles. The lowest BCUT2D eigenvalue weighted by atomic mass is 10.1. The smallest absolute Gasteiger partial charge is 0.264 e. The molecule has 2 heterocycles. The third-order valence-electron chi connectivity index (χ3n) is 5.54. The summed E-state index contributed by atoms with van der Waals surface area (Å²) < 4.78 is 27.9. The second kappa shape index (κ2) is 9.41. The average Bonchev–Trinajstić information content (AvgIpc) is 2.77. The fourth-order valence-electron chi connectivity index (χ4n) is 3.99. The predicted molar refractivity (Wildman–Crippen MR) is 122 cm³/mol. The third kappa shape index (κ3) is 4.90. The lowest BCUT2D eigenvalue weighted by Gasteiger charge is -2.30. The number of benzene rings is 2. The van der Waals surface area contributed by atoms with Crippen molar-refractivity contribution in [2.75, 3.05) is 48.1 Å². The molecule has 0 spiro atoms. The van der Waals surface area contributed by atoms with Gasteiger partial charge in [0.2, 0.25) is 0 Å². The summed E-state index contributed by atoms with van der Waals surface area (Å²) in [6.45, 7) is 4.97. The number of fused-ring (bicyclic) bond motifs is 1. The van der Waals surface area contributed by atoms with E-state index in [1.807, 2.05) is 18.2 Å². The molecule has 0 bridgehead atoms. The van der Waals surface area contributed by atoms with Crippen molar-refractivity contribution in [2.45, 2.75) is 35.5 Å². The number of hydrogen-bond acceptors (Lipinski definition) is 5. The topological polar surface area (TPSA) is 52.7 Å². The van der Waals surface area contributed by atoms with Crippen molar-refractivity contribution >= 4 is 33.2 Å². The van der Waals surface area contributed by atoms with E-state index in [4.69, 9.17) is 0 Å². The van der Waals surface area contributed by atoms with Crippen LogP contribution in [0.4, 0.5) is 11.4 Å². The highest BCUT2D eigenvalue weighted by atomic mass is 32.2. The fourth-order valence-corrected chi connectivity index (χ4v) is 6.64. The van der Waals surface area contributed by atoms with Crippen molar-refractivity contribution in [3.63, 3.8) is 0 Å². The molecule has 2 aromatic rings. The van der Waals surface area contributed by atoms with E-state index in [2.05, 4.69) is 16.3 Å². The summed E-state index contributed by atoms with van der Waals surface area (Å²) in [7, 11) is -3.55. The van der Waals surface area contributed by atoms with E-state index in [1.54, 1.807) is 40.3 Å². The number of sulfonamides is 1. The molecule has 7 heteroatoms. The zero-order valence-electron chi connectivity index (χ0n) is 16.7. The lowest BCUT2D eigenvalue weighted by Crippen LogP contribution is -2.35. The Balaban J connectivity index is 1.44. The van der Waals surface area contributed by atoms with Gasteiger partial charge in [0, 0.05) is 29.4 Å². The number of rotatable bonds is 7. The van der Waals surface area contributed by atoms with E-state index < -0.39 is 10.0 Å². The molecule has 0 saturated carbocycles. The van der Waals surface area contributed by atoms with Gasteiger partial charge in [-0.25, -0.2) is 8.42 Å². The zero-order chi connectivity index (χ0) is 20.1. The highest BCUT2D eigenvalue weighted by Crippen LogP contribution is 2.39. The van der Waals surface area contributed by atoms with Gasteiger partial charge in [-0.3, -0.25) is 4.31 Å². The van der Waals surface area contributed by atoms with Gasteiger partial charge < -0.3 is 10.2 Å². The van der Waals surface area contributed by atoms with Gasteiger partial charge in [-0.15, -0.1) is 11.8 Å². The molecule has 0 amide bonds. The van der Waals surface area contributed by atoms with E-state index in [-0.39, 0.29) is 0 Å². The molecule has 0 unspecified atom stereocenters. The molecular weight excluding hydrogens is 402 g/mol. The number of nitrogens with zero attached hydrogens (tertiary/aromatic N) is 2. The van der Waals surface area contributed by atoms with Crippen LogP contribution in [0, 0.1) is 0 Å². The normalized spacial score (nSPS) is 17.7. The van der Waals surface area contributed by atoms with Gasteiger partial charge in [-0.1, -0.05) is 24.6 Å². The number of piperidine rings is 1. The molecule has 0 radical (unpaired) electrons. The number of nitrogens with one attached hydrogen (secondary N) is 1. The Hall–Kier alpha value is -1.70. The van der Waals surface area contributed by atoms with Gasteiger partial charge >= 0.3 is 0 Å². The maximum atomic E-state index is 13.2. The molecule has 2 aromatic carbocycles. The molecule has 1 N–H and O–H groups in total. The quantitative estimate of drug-likeness (QED) is 0.664. The monoisotopic (exact) mass is 431 g/mol. The standard InChI is InChI=1S/C22H29N3O2S2/c26-29(27,20-8-3-1-4-9-20)25-16-17-28-22-11-10-19(18-21(22)25)23-12-7-15-24-13-5-2-6-14-24/h1,3-4,8-11,18,23H,2,5-7,12-17H2. The van der Waals surface area contributed by atoms with Crippen molar-refractivity contribution in [1.82, 2.24) is 4.90 Å². The maximum absolute atomic E-state index is 13.2. The minimum Gasteiger partial charge on any atom is -0.385 e. The first-order valence-corrected chi connectivity index (χ1v) is 12.9. The summed E-state index contributed by atoms with van der Waals surface area (Å²) in [4.78, 5) is 3.91. The maximum Gasteiger partial charge on any atom is 0.264 e. The minimum atomic E-state index is -3.55. The molecule has 0 aliphatic carbocycles. The number of hydrogen-bond donors (Lipinski definition) is 1. The summed E-state index contributed by atoms with van der Waals surface area (Å²) in [5, 5.41) is 3.49. The third-order valence-corrected chi connectivity index (χ3v) is 8.41. The molecule has 156 valence electrons. The second-order valence-electron chi connectivity index (χ2n) is 7.60. The summed E-state index contributed by atoms with van der Waals surface area (Å²) >= 11 is 1.72.